The van der Waals surface area contributed by atoms with Gasteiger partial charge in [-0.15, -0.1) is 0 Å². The van der Waals surface area contributed by atoms with E-state index in [1.165, 1.54) is 35.3 Å². The van der Waals surface area contributed by atoms with Crippen molar-refractivity contribution in [2.45, 2.75) is 26.9 Å². The third-order valence-corrected chi connectivity index (χ3v) is 5.77. The molecule has 1 aliphatic heterocycles. The third kappa shape index (κ3) is 5.53. The van der Waals surface area contributed by atoms with Crippen molar-refractivity contribution in [3.05, 3.63) is 58.6 Å². The standard InChI is InChI=1S/C24H25ClF3N3O3/c1-4-7-22(32)29-18-14-20-16(13-17(18)25)23(33)31(11-10-30(5-2)6-3)19-9-8-15(24(26,27)28)12-21(19)34-20/h4,7-9,12-14H,5-6,10-11H2,1-3H3,(H,29,32)/b7-4+. The minimum absolute atomic E-state index is 0.00362. The fourth-order valence-electron chi connectivity index (χ4n) is 3.60. The maximum Gasteiger partial charge on any atom is 0.416 e. The van der Waals surface area contributed by atoms with Crippen LogP contribution in [0.3, 0.4) is 0 Å². The molecular formula is C24H25ClF3N3O3. The Morgan fingerprint density at radius 1 is 1.18 bits per heavy atom. The summed E-state index contributed by atoms with van der Waals surface area (Å²) in [5.41, 5.74) is -0.432. The Bertz CT molecular complexity index is 1110. The highest BCUT2D eigenvalue weighted by atomic mass is 35.5. The molecule has 0 atom stereocenters. The molecule has 0 radical (unpaired) electrons. The normalized spacial score (nSPS) is 13.5. The molecule has 0 saturated carbocycles. The highest BCUT2D eigenvalue weighted by Crippen LogP contribution is 2.44. The van der Waals surface area contributed by atoms with Gasteiger partial charge >= 0.3 is 6.18 Å². The minimum atomic E-state index is -4.59. The van der Waals surface area contributed by atoms with Crippen LogP contribution < -0.4 is 15.0 Å². The van der Waals surface area contributed by atoms with Gasteiger partial charge in [0.25, 0.3) is 5.91 Å². The fraction of sp³-hybridized carbons (Fsp3) is 0.333. The predicted octanol–water partition coefficient (Wildman–Crippen LogP) is 5.97. The molecule has 2 aromatic carbocycles. The summed E-state index contributed by atoms with van der Waals surface area (Å²) in [7, 11) is 0. The van der Waals surface area contributed by atoms with E-state index in [1.807, 2.05) is 13.8 Å². The number of anilines is 2. The first kappa shape index (κ1) is 25.6. The van der Waals surface area contributed by atoms with Gasteiger partial charge in [-0.3, -0.25) is 9.59 Å². The zero-order chi connectivity index (χ0) is 25.0. The zero-order valence-electron chi connectivity index (χ0n) is 19.0. The molecule has 1 heterocycles. The SMILES string of the molecule is C/C=C/C(=O)Nc1cc2c(cc1Cl)C(=O)N(CCN(CC)CC)c1ccc(C(F)(F)F)cc1O2. The van der Waals surface area contributed by atoms with Crippen LogP contribution >= 0.6 is 11.6 Å². The molecule has 10 heteroatoms. The minimum Gasteiger partial charge on any atom is -0.454 e. The average molecular weight is 496 g/mol. The van der Waals surface area contributed by atoms with E-state index >= 15 is 0 Å². The van der Waals surface area contributed by atoms with Crippen molar-refractivity contribution in [1.29, 1.82) is 0 Å². The number of nitrogens with one attached hydrogen (secondary N) is 1. The van der Waals surface area contributed by atoms with Gasteiger partial charge in [0.15, 0.2) is 5.75 Å². The molecule has 1 aliphatic rings. The number of alkyl halides is 3. The largest absolute Gasteiger partial charge is 0.454 e. The molecule has 0 fully saturated rings. The van der Waals surface area contributed by atoms with Crippen LogP contribution in [0.2, 0.25) is 5.02 Å². The van der Waals surface area contributed by atoms with Gasteiger partial charge in [-0.05, 0) is 50.4 Å². The summed E-state index contributed by atoms with van der Waals surface area (Å²) >= 11 is 6.32. The quantitative estimate of drug-likeness (QED) is 0.481. The Morgan fingerprint density at radius 3 is 2.50 bits per heavy atom. The lowest BCUT2D eigenvalue weighted by Crippen LogP contribution is -2.38. The van der Waals surface area contributed by atoms with Gasteiger partial charge in [-0.1, -0.05) is 31.5 Å². The van der Waals surface area contributed by atoms with Gasteiger partial charge in [0.05, 0.1) is 27.5 Å². The molecule has 0 spiro atoms. The van der Waals surface area contributed by atoms with Crippen molar-refractivity contribution in [1.82, 2.24) is 4.90 Å². The second kappa shape index (κ2) is 10.5. The van der Waals surface area contributed by atoms with E-state index in [0.717, 1.165) is 25.2 Å². The second-order valence-corrected chi connectivity index (χ2v) is 7.99. The van der Waals surface area contributed by atoms with Crippen molar-refractivity contribution < 1.29 is 27.5 Å². The monoisotopic (exact) mass is 495 g/mol. The van der Waals surface area contributed by atoms with Gasteiger partial charge < -0.3 is 19.9 Å². The van der Waals surface area contributed by atoms with E-state index in [9.17, 15) is 22.8 Å². The van der Waals surface area contributed by atoms with Crippen molar-refractivity contribution in [2.75, 3.05) is 36.4 Å². The molecule has 0 aliphatic carbocycles. The molecule has 1 N–H and O–H groups in total. The highest BCUT2D eigenvalue weighted by molar-refractivity contribution is 6.34. The molecule has 34 heavy (non-hydrogen) atoms. The van der Waals surface area contributed by atoms with Crippen molar-refractivity contribution in [3.63, 3.8) is 0 Å². The maximum atomic E-state index is 13.5. The van der Waals surface area contributed by atoms with E-state index < -0.39 is 23.6 Å². The molecule has 0 aromatic heterocycles. The van der Waals surface area contributed by atoms with Crippen LogP contribution in [0.25, 0.3) is 0 Å². The van der Waals surface area contributed by atoms with Gasteiger partial charge in [0.1, 0.15) is 5.75 Å². The number of carbonyl (C=O) groups excluding carboxylic acids is 2. The van der Waals surface area contributed by atoms with Crippen LogP contribution in [0.4, 0.5) is 24.5 Å². The molecule has 3 rings (SSSR count). The molecule has 0 bridgehead atoms. The highest BCUT2D eigenvalue weighted by Gasteiger charge is 2.35. The molecule has 182 valence electrons. The Labute approximate surface area is 200 Å². The van der Waals surface area contributed by atoms with E-state index in [1.54, 1.807) is 6.92 Å². The molecule has 2 aromatic rings. The number of hydrogen-bond donors (Lipinski definition) is 1. The van der Waals surface area contributed by atoms with Gasteiger partial charge in [-0.2, -0.15) is 13.2 Å². The van der Waals surface area contributed by atoms with Crippen LogP contribution in [-0.2, 0) is 11.0 Å². The van der Waals surface area contributed by atoms with Crippen molar-refractivity contribution in [2.24, 2.45) is 0 Å². The number of halogens is 4. The Kier molecular flexibility index (Phi) is 7.89. The molecule has 0 unspecified atom stereocenters. The number of amides is 2. The van der Waals surface area contributed by atoms with E-state index in [0.29, 0.717) is 6.54 Å². The van der Waals surface area contributed by atoms with Crippen molar-refractivity contribution >= 4 is 34.8 Å². The number of carbonyl (C=O) groups is 2. The molecule has 2 amide bonds. The number of nitrogens with zero attached hydrogens (tertiary/aromatic N) is 2. The van der Waals surface area contributed by atoms with E-state index in [4.69, 9.17) is 16.3 Å². The smallest absolute Gasteiger partial charge is 0.416 e. The number of ether oxygens (including phenoxy) is 1. The van der Waals surface area contributed by atoms with Gasteiger partial charge in [0.2, 0.25) is 5.91 Å². The van der Waals surface area contributed by atoms with E-state index in [-0.39, 0.29) is 40.0 Å². The van der Waals surface area contributed by atoms with Gasteiger partial charge in [0, 0.05) is 19.2 Å². The second-order valence-electron chi connectivity index (χ2n) is 7.58. The molecule has 0 saturated heterocycles. The number of rotatable bonds is 7. The Morgan fingerprint density at radius 2 is 1.88 bits per heavy atom. The number of likely N-dealkylation sites (N-methyl/N-ethyl adjacent to an activating group) is 1. The molecule has 6 nitrogen and oxygen atoms in total. The summed E-state index contributed by atoms with van der Waals surface area (Å²) < 4.78 is 46.0. The topological polar surface area (TPSA) is 61.9 Å². The lowest BCUT2D eigenvalue weighted by Gasteiger charge is -2.26. The van der Waals surface area contributed by atoms with Crippen LogP contribution in [-0.4, -0.2) is 42.9 Å². The first-order valence-corrected chi connectivity index (χ1v) is 11.2. The maximum absolute atomic E-state index is 13.5. The summed E-state index contributed by atoms with van der Waals surface area (Å²) in [5.74, 6) is -1.04. The lowest BCUT2D eigenvalue weighted by molar-refractivity contribution is -0.137. The average Bonchev–Trinajstić information content (AvgIpc) is 2.88. The lowest BCUT2D eigenvalue weighted by atomic mass is 10.1. The number of benzene rings is 2. The summed E-state index contributed by atoms with van der Waals surface area (Å²) in [5, 5.41) is 2.67. The third-order valence-electron chi connectivity index (χ3n) is 5.45. The number of hydrogen-bond acceptors (Lipinski definition) is 4. The summed E-state index contributed by atoms with van der Waals surface area (Å²) in [4.78, 5) is 29.0. The van der Waals surface area contributed by atoms with Crippen LogP contribution in [0.1, 0.15) is 36.7 Å². The predicted molar refractivity (Wildman–Crippen MR) is 126 cm³/mol. The van der Waals surface area contributed by atoms with Crippen LogP contribution in [0, 0.1) is 0 Å². The van der Waals surface area contributed by atoms with Crippen molar-refractivity contribution in [3.8, 4) is 11.5 Å². The van der Waals surface area contributed by atoms with E-state index in [2.05, 4.69) is 10.2 Å². The summed E-state index contributed by atoms with van der Waals surface area (Å²) in [6, 6.07) is 5.72. The summed E-state index contributed by atoms with van der Waals surface area (Å²) in [6.07, 6.45) is -1.77. The Balaban J connectivity index is 2.11. The number of allylic oxidation sites excluding steroid dienone is 1. The molecular weight excluding hydrogens is 471 g/mol. The van der Waals surface area contributed by atoms with Gasteiger partial charge in [-0.25, -0.2) is 0 Å². The fourth-order valence-corrected chi connectivity index (χ4v) is 3.81. The van der Waals surface area contributed by atoms with Crippen LogP contribution in [0.15, 0.2) is 42.5 Å². The Hall–Kier alpha value is -3.04. The summed E-state index contributed by atoms with van der Waals surface area (Å²) in [6.45, 7) is 7.90. The first-order valence-electron chi connectivity index (χ1n) is 10.8. The zero-order valence-corrected chi connectivity index (χ0v) is 19.8. The van der Waals surface area contributed by atoms with Crippen LogP contribution in [0.5, 0.6) is 11.5 Å². The number of fused-ring (bicyclic) bond motifs is 2. The first-order chi connectivity index (χ1) is 16.1.